The number of benzene rings is 3. The molecule has 0 aliphatic heterocycles. The van der Waals surface area contributed by atoms with Gasteiger partial charge in [0.05, 0.1) is 18.0 Å². The van der Waals surface area contributed by atoms with Gasteiger partial charge in [0.25, 0.3) is 0 Å². The van der Waals surface area contributed by atoms with E-state index < -0.39 is 0 Å². The highest BCUT2D eigenvalue weighted by Gasteiger charge is 2.18. The fourth-order valence-corrected chi connectivity index (χ4v) is 4.98. The number of aliphatic hydroxyl groups excluding tert-OH is 1. The number of hydrogen-bond acceptors (Lipinski definition) is 5. The smallest absolute Gasteiger partial charge is 0.105 e. The Kier molecular flexibility index (Phi) is 7.41. The predicted molar refractivity (Wildman–Crippen MR) is 146 cm³/mol. The second-order valence-electron chi connectivity index (χ2n) is 9.18. The maximum absolute atomic E-state index is 9.07. The lowest BCUT2D eigenvalue weighted by Crippen LogP contribution is -2.26. The lowest BCUT2D eigenvalue weighted by Gasteiger charge is -2.14. The van der Waals surface area contributed by atoms with Crippen LogP contribution in [0.2, 0.25) is 0 Å². The molecule has 0 spiro atoms. The third kappa shape index (κ3) is 4.78. The van der Waals surface area contributed by atoms with Crippen molar-refractivity contribution in [1.29, 1.82) is 0 Å². The number of aryl methyl sites for hydroxylation is 1. The van der Waals surface area contributed by atoms with Gasteiger partial charge in [0.15, 0.2) is 0 Å². The summed E-state index contributed by atoms with van der Waals surface area (Å²) in [5, 5.41) is 24.3. The topological polar surface area (TPSA) is 71.1 Å². The highest BCUT2D eigenvalue weighted by Crippen LogP contribution is 2.32. The van der Waals surface area contributed by atoms with Gasteiger partial charge in [-0.3, -0.25) is 0 Å². The molecule has 0 unspecified atom stereocenters. The molecule has 0 bridgehead atoms. The molecule has 0 fully saturated rings. The normalized spacial score (nSPS) is 11.8. The summed E-state index contributed by atoms with van der Waals surface area (Å²) in [6, 6.07) is 25.5. The second kappa shape index (κ2) is 11.0. The van der Waals surface area contributed by atoms with Gasteiger partial charge in [-0.25, -0.2) is 4.68 Å². The number of nitrogens with zero attached hydrogens (tertiary/aromatic N) is 5. The van der Waals surface area contributed by atoms with Crippen LogP contribution in [0.4, 0.5) is 0 Å². The first-order valence-electron chi connectivity index (χ1n) is 12.7. The Bertz CT molecular complexity index is 1440. The molecule has 36 heavy (non-hydrogen) atoms. The first-order chi connectivity index (χ1) is 17.7. The van der Waals surface area contributed by atoms with E-state index in [1.54, 1.807) is 0 Å². The summed E-state index contributed by atoms with van der Waals surface area (Å²) in [5.41, 5.74) is 6.53. The molecule has 0 amide bonds. The molecule has 0 atom stereocenters. The Labute approximate surface area is 212 Å². The van der Waals surface area contributed by atoms with Crippen LogP contribution in [-0.4, -0.2) is 62.9 Å². The molecular weight excluding hydrogens is 448 g/mol. The van der Waals surface area contributed by atoms with E-state index in [1.165, 1.54) is 21.8 Å². The minimum Gasteiger partial charge on any atom is -0.395 e. The number of aliphatic hydroxyl groups is 1. The van der Waals surface area contributed by atoms with Crippen molar-refractivity contribution in [3.8, 4) is 16.9 Å². The molecule has 7 heteroatoms. The Morgan fingerprint density at radius 1 is 0.917 bits per heavy atom. The highest BCUT2D eigenvalue weighted by atomic mass is 16.3. The summed E-state index contributed by atoms with van der Waals surface area (Å²) in [6.07, 6.45) is 1.00. The predicted octanol–water partition coefficient (Wildman–Crippen LogP) is 4.47. The van der Waals surface area contributed by atoms with Crippen molar-refractivity contribution in [3.63, 3.8) is 0 Å². The number of likely N-dealkylation sites (N-methyl/N-ethyl adjacent to an activating group) is 1. The maximum Gasteiger partial charge on any atom is 0.105 e. The van der Waals surface area contributed by atoms with E-state index in [-0.39, 0.29) is 6.61 Å². The molecule has 3 aromatic carbocycles. The summed E-state index contributed by atoms with van der Waals surface area (Å²) in [7, 11) is 2.03. The average Bonchev–Trinajstić information content (AvgIpc) is 3.47. The summed E-state index contributed by atoms with van der Waals surface area (Å²) in [5.74, 6) is 0. The van der Waals surface area contributed by atoms with Crippen LogP contribution in [-0.2, 0) is 13.1 Å². The largest absolute Gasteiger partial charge is 0.395 e. The maximum atomic E-state index is 9.07. The molecule has 0 aliphatic rings. The summed E-state index contributed by atoms with van der Waals surface area (Å²) in [4.78, 5) is 2.14. The number of hydrogen-bond donors (Lipinski definition) is 2. The molecule has 5 aromatic rings. The van der Waals surface area contributed by atoms with Crippen molar-refractivity contribution in [2.45, 2.75) is 26.4 Å². The Hall–Kier alpha value is -3.52. The van der Waals surface area contributed by atoms with Crippen LogP contribution in [0.25, 0.3) is 38.8 Å². The number of rotatable bonds is 11. The average molecular weight is 483 g/mol. The molecular formula is C29H34N6O. The van der Waals surface area contributed by atoms with Gasteiger partial charge in [0, 0.05) is 47.0 Å². The quantitative estimate of drug-likeness (QED) is 0.272. The zero-order valence-corrected chi connectivity index (χ0v) is 21.1. The molecule has 0 radical (unpaired) electrons. The molecule has 2 aromatic heterocycles. The van der Waals surface area contributed by atoms with Crippen LogP contribution in [0.3, 0.4) is 0 Å². The Morgan fingerprint density at radius 2 is 1.69 bits per heavy atom. The first-order valence-corrected chi connectivity index (χ1v) is 12.7. The SMILES string of the molecule is CCn1c2ccccc2c2cc(-n3nnc(CNCCCN(C)CCO)c3-c3ccccc3)ccc21. The van der Waals surface area contributed by atoms with Crippen molar-refractivity contribution in [3.05, 3.63) is 78.5 Å². The molecule has 7 nitrogen and oxygen atoms in total. The van der Waals surface area contributed by atoms with Gasteiger partial charge in [-0.05, 0) is 57.7 Å². The molecule has 5 rings (SSSR count). The summed E-state index contributed by atoms with van der Waals surface area (Å²) >= 11 is 0. The number of para-hydroxylation sites is 1. The monoisotopic (exact) mass is 482 g/mol. The molecule has 2 heterocycles. The minimum atomic E-state index is 0.193. The summed E-state index contributed by atoms with van der Waals surface area (Å²) < 4.78 is 4.33. The van der Waals surface area contributed by atoms with Crippen LogP contribution in [0.1, 0.15) is 19.0 Å². The molecule has 0 aliphatic carbocycles. The third-order valence-electron chi connectivity index (χ3n) is 6.77. The van der Waals surface area contributed by atoms with Crippen molar-refractivity contribution < 1.29 is 5.11 Å². The molecule has 0 saturated carbocycles. The van der Waals surface area contributed by atoms with E-state index >= 15 is 0 Å². The lowest BCUT2D eigenvalue weighted by molar-refractivity contribution is 0.220. The van der Waals surface area contributed by atoms with Crippen molar-refractivity contribution in [1.82, 2.24) is 29.8 Å². The van der Waals surface area contributed by atoms with E-state index in [0.717, 1.165) is 48.7 Å². The fourth-order valence-electron chi connectivity index (χ4n) is 4.98. The zero-order chi connectivity index (χ0) is 24.9. The minimum absolute atomic E-state index is 0.193. The van der Waals surface area contributed by atoms with E-state index in [9.17, 15) is 0 Å². The van der Waals surface area contributed by atoms with E-state index in [4.69, 9.17) is 5.11 Å². The number of fused-ring (bicyclic) bond motifs is 3. The molecule has 0 saturated heterocycles. The standard InChI is InChI=1S/C29H34N6O/c1-3-34-27-13-8-7-12-24(27)25-20-23(14-15-28(25)34)35-29(22-10-5-4-6-11-22)26(31-32-35)21-30-16-9-17-33(2)18-19-36/h4-8,10-15,20,30,36H,3,9,16-19,21H2,1-2H3. The Morgan fingerprint density at radius 3 is 2.50 bits per heavy atom. The van der Waals surface area contributed by atoms with Gasteiger partial charge in [-0.2, -0.15) is 0 Å². The second-order valence-corrected chi connectivity index (χ2v) is 9.18. The van der Waals surface area contributed by atoms with Crippen molar-refractivity contribution in [2.75, 3.05) is 33.3 Å². The van der Waals surface area contributed by atoms with Gasteiger partial charge in [0.1, 0.15) is 5.69 Å². The van der Waals surface area contributed by atoms with Gasteiger partial charge in [-0.15, -0.1) is 5.10 Å². The van der Waals surface area contributed by atoms with Crippen LogP contribution in [0.15, 0.2) is 72.8 Å². The van der Waals surface area contributed by atoms with Crippen LogP contribution < -0.4 is 5.32 Å². The van der Waals surface area contributed by atoms with Crippen molar-refractivity contribution >= 4 is 21.8 Å². The van der Waals surface area contributed by atoms with Gasteiger partial charge in [-0.1, -0.05) is 53.7 Å². The van der Waals surface area contributed by atoms with E-state index in [2.05, 4.69) is 98.7 Å². The Balaban J connectivity index is 1.47. The summed E-state index contributed by atoms with van der Waals surface area (Å²) in [6.45, 7) is 6.47. The molecule has 2 N–H and O–H groups in total. The van der Waals surface area contributed by atoms with Gasteiger partial charge >= 0.3 is 0 Å². The van der Waals surface area contributed by atoms with Gasteiger partial charge < -0.3 is 19.9 Å². The molecule has 186 valence electrons. The van der Waals surface area contributed by atoms with Crippen LogP contribution in [0, 0.1) is 0 Å². The van der Waals surface area contributed by atoms with Crippen molar-refractivity contribution in [2.24, 2.45) is 0 Å². The number of aromatic nitrogens is 4. The van der Waals surface area contributed by atoms with E-state index in [1.807, 2.05) is 17.8 Å². The lowest BCUT2D eigenvalue weighted by atomic mass is 10.1. The number of nitrogens with one attached hydrogen (secondary N) is 1. The zero-order valence-electron chi connectivity index (χ0n) is 21.1. The van der Waals surface area contributed by atoms with Crippen LogP contribution in [0.5, 0.6) is 0 Å². The highest BCUT2D eigenvalue weighted by molar-refractivity contribution is 6.08. The van der Waals surface area contributed by atoms with E-state index in [0.29, 0.717) is 13.1 Å². The van der Waals surface area contributed by atoms with Gasteiger partial charge in [0.2, 0.25) is 0 Å². The fraction of sp³-hybridized carbons (Fsp3) is 0.310. The first kappa shape index (κ1) is 24.2. The van der Waals surface area contributed by atoms with Crippen LogP contribution >= 0.6 is 0 Å². The third-order valence-corrected chi connectivity index (χ3v) is 6.77.